The van der Waals surface area contributed by atoms with Gasteiger partial charge in [0.2, 0.25) is 0 Å². The average Bonchev–Trinajstić information content (AvgIpc) is 3.04. The Hall–Kier alpha value is -0.340. The molecule has 0 bridgehead atoms. The Kier molecular flexibility index (Phi) is 6.26. The summed E-state index contributed by atoms with van der Waals surface area (Å²) >= 11 is 0. The molecule has 0 aromatic heterocycles. The summed E-state index contributed by atoms with van der Waals surface area (Å²) < 4.78 is 0. The predicted octanol–water partition coefficient (Wildman–Crippen LogP) is 7.89. The normalized spacial score (nSPS) is 45.3. The molecule has 29 heavy (non-hydrogen) atoms. The van der Waals surface area contributed by atoms with Gasteiger partial charge in [-0.25, -0.2) is 4.89 Å². The maximum atomic E-state index is 9.20. The molecule has 166 valence electrons. The highest BCUT2D eigenvalue weighted by Gasteiger charge is 2.59. The zero-order valence-corrected chi connectivity index (χ0v) is 19.8. The van der Waals surface area contributed by atoms with Crippen LogP contribution in [0, 0.1) is 46.3 Å². The van der Waals surface area contributed by atoms with Crippen LogP contribution in [0.1, 0.15) is 105 Å². The molecular formula is C27H46O2. The molecule has 0 aromatic carbocycles. The largest absolute Gasteiger partial charge is 0.252 e. The molecule has 8 atom stereocenters. The number of hydrogen-bond acceptors (Lipinski definition) is 2. The highest BCUT2D eigenvalue weighted by molar-refractivity contribution is 5.25. The number of hydrogen-bond donors (Lipinski definition) is 1. The van der Waals surface area contributed by atoms with Crippen LogP contribution in [0.5, 0.6) is 0 Å². The highest BCUT2D eigenvalue weighted by Crippen LogP contribution is 2.67. The number of fused-ring (bicyclic) bond motifs is 5. The minimum absolute atomic E-state index is 0.0299. The van der Waals surface area contributed by atoms with Crippen molar-refractivity contribution >= 4 is 0 Å². The van der Waals surface area contributed by atoms with Gasteiger partial charge in [0.05, 0.1) is 6.10 Å². The van der Waals surface area contributed by atoms with Crippen molar-refractivity contribution in [1.29, 1.82) is 0 Å². The van der Waals surface area contributed by atoms with Crippen LogP contribution >= 0.6 is 0 Å². The first kappa shape index (κ1) is 21.9. The third-order valence-electron chi connectivity index (χ3n) is 10.4. The van der Waals surface area contributed by atoms with Crippen LogP contribution in [-0.4, -0.2) is 11.4 Å². The molecule has 2 nitrogen and oxygen atoms in total. The Bertz CT molecular complexity index is 610. The van der Waals surface area contributed by atoms with E-state index in [9.17, 15) is 5.26 Å². The fourth-order valence-corrected chi connectivity index (χ4v) is 8.74. The molecule has 4 aliphatic carbocycles. The van der Waals surface area contributed by atoms with Gasteiger partial charge in [-0.1, -0.05) is 65.5 Å². The van der Waals surface area contributed by atoms with Crippen LogP contribution in [0.4, 0.5) is 0 Å². The van der Waals surface area contributed by atoms with Crippen LogP contribution in [-0.2, 0) is 4.89 Å². The van der Waals surface area contributed by atoms with Crippen molar-refractivity contribution in [2.45, 2.75) is 111 Å². The SMILES string of the molecule is CC(C)CCC[C@@H](C)C1CC[C@H]2[C@@H]3CC=C4CC(OO)CC[C@]4(C)[C@H]3CC[C@]12C. The Morgan fingerprint density at radius 2 is 1.83 bits per heavy atom. The molecule has 0 aliphatic heterocycles. The van der Waals surface area contributed by atoms with Crippen LogP contribution in [0.2, 0.25) is 0 Å². The van der Waals surface area contributed by atoms with Gasteiger partial charge in [0.25, 0.3) is 0 Å². The van der Waals surface area contributed by atoms with Crippen molar-refractivity contribution < 1.29 is 10.1 Å². The maximum absolute atomic E-state index is 9.20. The van der Waals surface area contributed by atoms with Gasteiger partial charge in [-0.15, -0.1) is 0 Å². The first-order valence-electron chi connectivity index (χ1n) is 12.8. The van der Waals surface area contributed by atoms with Crippen molar-refractivity contribution in [3.8, 4) is 0 Å². The van der Waals surface area contributed by atoms with E-state index in [2.05, 4.69) is 40.7 Å². The summed E-state index contributed by atoms with van der Waals surface area (Å²) in [6.07, 6.45) is 17.1. The molecule has 0 radical (unpaired) electrons. The van der Waals surface area contributed by atoms with Crippen molar-refractivity contribution in [1.82, 2.24) is 0 Å². The lowest BCUT2D eigenvalue weighted by Crippen LogP contribution is -2.51. The molecule has 3 fully saturated rings. The molecule has 4 aliphatic rings. The van der Waals surface area contributed by atoms with Gasteiger partial charge < -0.3 is 0 Å². The standard InChI is InChI=1S/C27H46O2/c1-18(2)7-6-8-19(3)23-11-12-24-22-10-9-20-17-21(29-28)13-15-26(20,4)25(22)14-16-27(23,24)5/h9,18-19,21-25,28H,6-8,10-17H2,1-5H3/t19-,21?,22+,23?,24+,25+,26+,27-/m1/s1. The summed E-state index contributed by atoms with van der Waals surface area (Å²) in [5, 5.41) is 9.20. The lowest BCUT2D eigenvalue weighted by atomic mass is 9.47. The van der Waals surface area contributed by atoms with E-state index in [0.717, 1.165) is 48.3 Å². The van der Waals surface area contributed by atoms with Crippen LogP contribution < -0.4 is 0 Å². The van der Waals surface area contributed by atoms with Crippen LogP contribution in [0.25, 0.3) is 0 Å². The van der Waals surface area contributed by atoms with E-state index in [4.69, 9.17) is 4.89 Å². The lowest BCUT2D eigenvalue weighted by Gasteiger charge is -2.58. The summed E-state index contributed by atoms with van der Waals surface area (Å²) in [7, 11) is 0. The Labute approximate surface area is 179 Å². The first-order chi connectivity index (χ1) is 13.8. The van der Waals surface area contributed by atoms with Crippen LogP contribution in [0.15, 0.2) is 11.6 Å². The van der Waals surface area contributed by atoms with E-state index in [1.165, 1.54) is 57.8 Å². The van der Waals surface area contributed by atoms with Gasteiger partial charge in [-0.05, 0) is 97.7 Å². The fraction of sp³-hybridized carbons (Fsp3) is 0.926. The molecule has 2 unspecified atom stereocenters. The third kappa shape index (κ3) is 3.75. The Balaban J connectivity index is 1.48. The molecule has 3 saturated carbocycles. The van der Waals surface area contributed by atoms with E-state index in [0.29, 0.717) is 10.8 Å². The summed E-state index contributed by atoms with van der Waals surface area (Å²) in [5.41, 5.74) is 2.54. The van der Waals surface area contributed by atoms with Gasteiger partial charge in [0, 0.05) is 0 Å². The quantitative estimate of drug-likeness (QED) is 0.278. The van der Waals surface area contributed by atoms with E-state index in [1.807, 2.05) is 0 Å². The van der Waals surface area contributed by atoms with Crippen molar-refractivity contribution in [3.05, 3.63) is 11.6 Å². The molecule has 0 aromatic rings. The molecule has 0 spiro atoms. The Morgan fingerprint density at radius 1 is 1.03 bits per heavy atom. The molecule has 0 saturated heterocycles. The van der Waals surface area contributed by atoms with Gasteiger partial charge in [0.1, 0.15) is 0 Å². The lowest BCUT2D eigenvalue weighted by molar-refractivity contribution is -0.284. The van der Waals surface area contributed by atoms with E-state index in [1.54, 1.807) is 5.57 Å². The van der Waals surface area contributed by atoms with Gasteiger partial charge in [-0.3, -0.25) is 5.26 Å². The highest BCUT2D eigenvalue weighted by atomic mass is 17.1. The summed E-state index contributed by atoms with van der Waals surface area (Å²) in [6, 6.07) is 0. The second-order valence-corrected chi connectivity index (χ2v) is 12.3. The van der Waals surface area contributed by atoms with Gasteiger partial charge >= 0.3 is 0 Å². The van der Waals surface area contributed by atoms with E-state index in [-0.39, 0.29) is 6.10 Å². The van der Waals surface area contributed by atoms with Crippen LogP contribution in [0.3, 0.4) is 0 Å². The molecule has 0 amide bonds. The van der Waals surface area contributed by atoms with Gasteiger partial charge in [0.15, 0.2) is 0 Å². The second-order valence-electron chi connectivity index (χ2n) is 12.3. The zero-order valence-electron chi connectivity index (χ0n) is 19.8. The maximum Gasteiger partial charge on any atom is 0.0964 e. The monoisotopic (exact) mass is 402 g/mol. The van der Waals surface area contributed by atoms with E-state index < -0.39 is 0 Å². The van der Waals surface area contributed by atoms with Crippen molar-refractivity contribution in [3.63, 3.8) is 0 Å². The number of rotatable bonds is 6. The summed E-state index contributed by atoms with van der Waals surface area (Å²) in [5.74, 6) is 5.36. The molecule has 4 rings (SSSR count). The number of allylic oxidation sites excluding steroid dienone is 1. The molecule has 1 N–H and O–H groups in total. The van der Waals surface area contributed by atoms with Gasteiger partial charge in [-0.2, -0.15) is 0 Å². The van der Waals surface area contributed by atoms with E-state index >= 15 is 0 Å². The third-order valence-corrected chi connectivity index (χ3v) is 10.4. The minimum Gasteiger partial charge on any atom is -0.252 e. The Morgan fingerprint density at radius 3 is 2.55 bits per heavy atom. The smallest absolute Gasteiger partial charge is 0.0964 e. The zero-order chi connectivity index (χ0) is 20.8. The second kappa shape index (κ2) is 8.30. The molecule has 2 heteroatoms. The fourth-order valence-electron chi connectivity index (χ4n) is 8.74. The first-order valence-corrected chi connectivity index (χ1v) is 12.8. The average molecular weight is 403 g/mol. The minimum atomic E-state index is 0.0299. The summed E-state index contributed by atoms with van der Waals surface area (Å²) in [4.78, 5) is 4.75. The molecular weight excluding hydrogens is 356 g/mol. The summed E-state index contributed by atoms with van der Waals surface area (Å²) in [6.45, 7) is 12.5. The van der Waals surface area contributed by atoms with Crippen molar-refractivity contribution in [2.24, 2.45) is 46.3 Å². The molecule has 0 heterocycles. The van der Waals surface area contributed by atoms with Crippen molar-refractivity contribution in [2.75, 3.05) is 0 Å². The topological polar surface area (TPSA) is 29.5 Å². The predicted molar refractivity (Wildman–Crippen MR) is 121 cm³/mol.